The number of anilines is 1. The van der Waals surface area contributed by atoms with Crippen LogP contribution in [0.4, 0.5) is 5.69 Å². The fourth-order valence-electron chi connectivity index (χ4n) is 2.56. The number of hydrogen-bond donors (Lipinski definition) is 2. The minimum Gasteiger partial charge on any atom is -0.489 e. The average Bonchev–Trinajstić information content (AvgIpc) is 2.67. The monoisotopic (exact) mass is 401 g/mol. The number of benzene rings is 3. The van der Waals surface area contributed by atoms with Gasteiger partial charge >= 0.3 is 5.97 Å². The van der Waals surface area contributed by atoms with E-state index in [9.17, 15) is 9.90 Å². The van der Waals surface area contributed by atoms with Gasteiger partial charge in [-0.2, -0.15) is 0 Å². The van der Waals surface area contributed by atoms with Gasteiger partial charge in [0.15, 0.2) is 0 Å². The van der Waals surface area contributed by atoms with E-state index in [-0.39, 0.29) is 10.6 Å². The molecule has 0 aliphatic rings. The number of nitrogens with one attached hydrogen (secondary N) is 1. The zero-order chi connectivity index (χ0) is 19.2. The van der Waals surface area contributed by atoms with Gasteiger partial charge in [0.1, 0.15) is 12.4 Å². The Kier molecular flexibility index (Phi) is 6.22. The highest BCUT2D eigenvalue weighted by atomic mass is 35.5. The number of aromatic carboxylic acids is 1. The van der Waals surface area contributed by atoms with E-state index < -0.39 is 5.97 Å². The van der Waals surface area contributed by atoms with Gasteiger partial charge < -0.3 is 15.2 Å². The maximum absolute atomic E-state index is 11.2. The molecule has 138 valence electrons. The van der Waals surface area contributed by atoms with Gasteiger partial charge in [0.25, 0.3) is 0 Å². The molecule has 0 saturated heterocycles. The van der Waals surface area contributed by atoms with Crippen LogP contribution in [0.1, 0.15) is 21.5 Å². The van der Waals surface area contributed by atoms with E-state index in [0.29, 0.717) is 29.6 Å². The SMILES string of the molecule is O=C(O)c1cc(NCc2cc(Cl)ccc2OCc2ccccc2)ccc1Cl. The number of halogens is 2. The molecule has 0 aliphatic carbocycles. The third kappa shape index (κ3) is 5.16. The quantitative estimate of drug-likeness (QED) is 0.518. The maximum atomic E-state index is 11.2. The van der Waals surface area contributed by atoms with Crippen LogP contribution in [0.5, 0.6) is 5.75 Å². The molecule has 0 fully saturated rings. The van der Waals surface area contributed by atoms with Crippen LogP contribution in [0.2, 0.25) is 10.0 Å². The zero-order valence-corrected chi connectivity index (χ0v) is 15.8. The van der Waals surface area contributed by atoms with Gasteiger partial charge in [-0.3, -0.25) is 0 Å². The molecule has 0 heterocycles. The predicted octanol–water partition coefficient (Wildman–Crippen LogP) is 5.88. The van der Waals surface area contributed by atoms with Crippen LogP contribution in [0.15, 0.2) is 66.7 Å². The Balaban J connectivity index is 1.73. The molecule has 0 unspecified atom stereocenters. The summed E-state index contributed by atoms with van der Waals surface area (Å²) in [6.45, 7) is 0.866. The topological polar surface area (TPSA) is 58.6 Å². The third-order valence-corrected chi connectivity index (χ3v) is 4.50. The van der Waals surface area contributed by atoms with E-state index in [0.717, 1.165) is 11.1 Å². The van der Waals surface area contributed by atoms with Crippen LogP contribution >= 0.6 is 23.2 Å². The van der Waals surface area contributed by atoms with Crippen molar-refractivity contribution < 1.29 is 14.6 Å². The molecular weight excluding hydrogens is 385 g/mol. The smallest absolute Gasteiger partial charge is 0.337 e. The van der Waals surface area contributed by atoms with E-state index in [1.807, 2.05) is 42.5 Å². The number of hydrogen-bond acceptors (Lipinski definition) is 3. The first kappa shape index (κ1) is 19.1. The number of carboxylic acid groups (broad SMARTS) is 1. The molecule has 0 spiro atoms. The van der Waals surface area contributed by atoms with Gasteiger partial charge in [-0.05, 0) is 42.0 Å². The van der Waals surface area contributed by atoms with Crippen LogP contribution < -0.4 is 10.1 Å². The lowest BCUT2D eigenvalue weighted by Gasteiger charge is -2.14. The normalized spacial score (nSPS) is 10.4. The molecule has 0 saturated carbocycles. The fourth-order valence-corrected chi connectivity index (χ4v) is 2.95. The van der Waals surface area contributed by atoms with Crippen molar-refractivity contribution in [3.05, 3.63) is 93.5 Å². The second kappa shape index (κ2) is 8.80. The number of carbonyl (C=O) groups is 1. The molecule has 0 bridgehead atoms. The second-order valence-corrected chi connectivity index (χ2v) is 6.72. The lowest BCUT2D eigenvalue weighted by Crippen LogP contribution is -2.05. The predicted molar refractivity (Wildman–Crippen MR) is 108 cm³/mol. The highest BCUT2D eigenvalue weighted by Crippen LogP contribution is 2.26. The van der Waals surface area contributed by atoms with Crippen molar-refractivity contribution in [2.24, 2.45) is 0 Å². The van der Waals surface area contributed by atoms with Crippen LogP contribution in [-0.4, -0.2) is 11.1 Å². The molecule has 27 heavy (non-hydrogen) atoms. The Morgan fingerprint density at radius 3 is 2.52 bits per heavy atom. The zero-order valence-electron chi connectivity index (χ0n) is 14.3. The van der Waals surface area contributed by atoms with E-state index >= 15 is 0 Å². The first-order chi connectivity index (χ1) is 13.0. The summed E-state index contributed by atoms with van der Waals surface area (Å²) in [5.41, 5.74) is 2.62. The van der Waals surface area contributed by atoms with Gasteiger partial charge in [0.2, 0.25) is 0 Å². The van der Waals surface area contributed by atoms with Gasteiger partial charge in [-0.15, -0.1) is 0 Å². The van der Waals surface area contributed by atoms with Crippen LogP contribution in [0, 0.1) is 0 Å². The first-order valence-corrected chi connectivity index (χ1v) is 9.00. The van der Waals surface area contributed by atoms with Crippen LogP contribution in [-0.2, 0) is 13.2 Å². The van der Waals surface area contributed by atoms with Crippen molar-refractivity contribution in [1.29, 1.82) is 0 Å². The Morgan fingerprint density at radius 1 is 1.00 bits per heavy atom. The summed E-state index contributed by atoms with van der Waals surface area (Å²) in [4.78, 5) is 11.2. The molecule has 0 amide bonds. The minimum absolute atomic E-state index is 0.0494. The maximum Gasteiger partial charge on any atom is 0.337 e. The van der Waals surface area contributed by atoms with Gasteiger partial charge in [-0.25, -0.2) is 4.79 Å². The Labute approximate surface area is 167 Å². The molecule has 3 rings (SSSR count). The summed E-state index contributed by atoms with van der Waals surface area (Å²) in [7, 11) is 0. The molecule has 0 aromatic heterocycles. The minimum atomic E-state index is -1.07. The standard InChI is InChI=1S/C21H17Cl2NO3/c22-16-6-9-20(27-13-14-4-2-1-3-5-14)15(10-16)12-24-17-7-8-19(23)18(11-17)21(25)26/h1-11,24H,12-13H2,(H,25,26). The summed E-state index contributed by atoms with van der Waals surface area (Å²) in [6.07, 6.45) is 0. The Morgan fingerprint density at radius 2 is 1.78 bits per heavy atom. The largest absolute Gasteiger partial charge is 0.489 e. The molecule has 3 aromatic carbocycles. The lowest BCUT2D eigenvalue weighted by molar-refractivity contribution is 0.0697. The first-order valence-electron chi connectivity index (χ1n) is 8.25. The average molecular weight is 402 g/mol. The molecule has 0 aliphatic heterocycles. The number of carboxylic acids is 1. The van der Waals surface area contributed by atoms with Crippen LogP contribution in [0.25, 0.3) is 0 Å². The molecule has 2 N–H and O–H groups in total. The van der Waals surface area contributed by atoms with E-state index in [2.05, 4.69) is 5.32 Å². The summed E-state index contributed by atoms with van der Waals surface area (Å²) in [6, 6.07) is 20.1. The van der Waals surface area contributed by atoms with Crippen molar-refractivity contribution in [2.75, 3.05) is 5.32 Å². The van der Waals surface area contributed by atoms with Gasteiger partial charge in [0.05, 0.1) is 10.6 Å². The van der Waals surface area contributed by atoms with E-state index in [1.54, 1.807) is 18.2 Å². The molecule has 4 nitrogen and oxygen atoms in total. The summed E-state index contributed by atoms with van der Waals surface area (Å²) >= 11 is 12.0. The van der Waals surface area contributed by atoms with E-state index in [4.69, 9.17) is 27.9 Å². The number of ether oxygens (including phenoxy) is 1. The van der Waals surface area contributed by atoms with Crippen molar-refractivity contribution in [3.63, 3.8) is 0 Å². The summed E-state index contributed by atoms with van der Waals surface area (Å²) in [5, 5.41) is 13.2. The van der Waals surface area contributed by atoms with Crippen molar-refractivity contribution in [1.82, 2.24) is 0 Å². The Hall–Kier alpha value is -2.69. The van der Waals surface area contributed by atoms with E-state index in [1.165, 1.54) is 6.07 Å². The lowest BCUT2D eigenvalue weighted by atomic mass is 10.1. The molecule has 0 radical (unpaired) electrons. The summed E-state index contributed by atoms with van der Waals surface area (Å²) < 4.78 is 5.93. The molecular formula is C21H17Cl2NO3. The van der Waals surface area contributed by atoms with Gasteiger partial charge in [-0.1, -0.05) is 53.5 Å². The highest BCUT2D eigenvalue weighted by molar-refractivity contribution is 6.33. The fraction of sp³-hybridized carbons (Fsp3) is 0.0952. The number of rotatable bonds is 7. The summed E-state index contributed by atoms with van der Waals surface area (Å²) in [5.74, 6) is -0.360. The molecule has 3 aromatic rings. The Bertz CT molecular complexity index is 945. The van der Waals surface area contributed by atoms with Crippen molar-refractivity contribution >= 4 is 34.9 Å². The van der Waals surface area contributed by atoms with Crippen molar-refractivity contribution in [3.8, 4) is 5.75 Å². The third-order valence-electron chi connectivity index (χ3n) is 3.94. The second-order valence-electron chi connectivity index (χ2n) is 5.88. The molecule has 6 heteroatoms. The van der Waals surface area contributed by atoms with Crippen LogP contribution in [0.3, 0.4) is 0 Å². The van der Waals surface area contributed by atoms with Gasteiger partial charge in [0, 0.05) is 22.8 Å². The highest BCUT2D eigenvalue weighted by Gasteiger charge is 2.10. The van der Waals surface area contributed by atoms with Crippen molar-refractivity contribution in [2.45, 2.75) is 13.2 Å². The molecule has 0 atom stereocenters.